The number of aromatic nitrogens is 2. The summed E-state index contributed by atoms with van der Waals surface area (Å²) in [5.74, 6) is 0.296. The molecule has 0 N–H and O–H groups in total. The molecule has 0 aliphatic heterocycles. The van der Waals surface area contributed by atoms with Crippen molar-refractivity contribution in [1.29, 1.82) is 0 Å². The summed E-state index contributed by atoms with van der Waals surface area (Å²) >= 11 is 1.47. The average molecular weight is 399 g/mol. The lowest BCUT2D eigenvalue weighted by atomic mass is 10.2. The number of hydrogen-bond donors (Lipinski definition) is 0. The minimum absolute atomic E-state index is 0.203. The number of carbonyl (C=O) groups is 2. The molecule has 1 amide bonds. The van der Waals surface area contributed by atoms with Crippen molar-refractivity contribution in [3.63, 3.8) is 0 Å². The number of amides is 1. The maximum absolute atomic E-state index is 13.1. The highest BCUT2D eigenvalue weighted by atomic mass is 32.2. The van der Waals surface area contributed by atoms with Crippen LogP contribution in [0.4, 0.5) is 0 Å². The molecule has 146 valence electrons. The molecule has 0 aliphatic carbocycles. The monoisotopic (exact) mass is 399 g/mol. The number of rotatable bonds is 6. The number of nitrogens with zero attached hydrogens (tertiary/aromatic N) is 3. The van der Waals surface area contributed by atoms with Gasteiger partial charge in [-0.2, -0.15) is 0 Å². The highest BCUT2D eigenvalue weighted by molar-refractivity contribution is 7.98. The molecule has 0 spiro atoms. The fourth-order valence-electron chi connectivity index (χ4n) is 2.89. The van der Waals surface area contributed by atoms with Crippen molar-refractivity contribution in [2.24, 2.45) is 0 Å². The number of aryl methyl sites for hydroxylation is 1. The van der Waals surface area contributed by atoms with E-state index in [4.69, 9.17) is 9.15 Å². The van der Waals surface area contributed by atoms with Crippen molar-refractivity contribution in [1.82, 2.24) is 14.5 Å². The molecular weight excluding hydrogens is 378 g/mol. The van der Waals surface area contributed by atoms with E-state index in [1.165, 1.54) is 23.8 Å². The predicted molar refractivity (Wildman–Crippen MR) is 106 cm³/mol. The normalized spacial score (nSPS) is 10.7. The van der Waals surface area contributed by atoms with Crippen LogP contribution in [0.2, 0.25) is 0 Å². The van der Waals surface area contributed by atoms with Gasteiger partial charge in [0.1, 0.15) is 22.8 Å². The van der Waals surface area contributed by atoms with E-state index < -0.39 is 5.97 Å². The second-order valence-electron chi connectivity index (χ2n) is 6.14. The first-order valence-corrected chi connectivity index (χ1v) is 9.79. The maximum atomic E-state index is 13.1. The summed E-state index contributed by atoms with van der Waals surface area (Å²) in [6.45, 7) is 1.90. The van der Waals surface area contributed by atoms with Crippen molar-refractivity contribution in [2.45, 2.75) is 18.6 Å². The number of hydrogen-bond acceptors (Lipinski definition) is 6. The van der Waals surface area contributed by atoms with E-state index in [2.05, 4.69) is 4.98 Å². The molecule has 3 aromatic rings. The van der Waals surface area contributed by atoms with E-state index in [9.17, 15) is 9.59 Å². The Morgan fingerprint density at radius 3 is 2.64 bits per heavy atom. The number of furan rings is 1. The summed E-state index contributed by atoms with van der Waals surface area (Å²) in [5, 5.41) is 0.727. The zero-order valence-corrected chi connectivity index (χ0v) is 16.9. The summed E-state index contributed by atoms with van der Waals surface area (Å²) < 4.78 is 12.2. The number of ether oxygens (including phenoxy) is 1. The van der Waals surface area contributed by atoms with E-state index in [0.717, 1.165) is 10.8 Å². The zero-order chi connectivity index (χ0) is 20.3. The fourth-order valence-corrected chi connectivity index (χ4v) is 3.44. The van der Waals surface area contributed by atoms with Gasteiger partial charge in [0.05, 0.1) is 19.9 Å². The Morgan fingerprint density at radius 1 is 1.29 bits per heavy atom. The van der Waals surface area contributed by atoms with Gasteiger partial charge in [-0.25, -0.2) is 9.78 Å². The molecule has 2 aromatic heterocycles. The molecular formula is C20H21N3O4S. The van der Waals surface area contributed by atoms with Crippen molar-refractivity contribution in [3.8, 4) is 5.69 Å². The molecule has 8 heteroatoms. The van der Waals surface area contributed by atoms with Gasteiger partial charge >= 0.3 is 5.97 Å². The number of carbonyl (C=O) groups excluding carboxylic acids is 2. The van der Waals surface area contributed by atoms with E-state index in [-0.39, 0.29) is 12.5 Å². The molecule has 0 bridgehead atoms. The highest BCUT2D eigenvalue weighted by Gasteiger charge is 2.23. The fraction of sp³-hybridized carbons (Fsp3) is 0.250. The Kier molecular flexibility index (Phi) is 5.89. The van der Waals surface area contributed by atoms with Gasteiger partial charge in [0, 0.05) is 12.7 Å². The number of esters is 1. The average Bonchev–Trinajstić information content (AvgIpc) is 3.30. The van der Waals surface area contributed by atoms with Crippen LogP contribution >= 0.6 is 11.8 Å². The minimum Gasteiger partial charge on any atom is -0.465 e. The van der Waals surface area contributed by atoms with Crippen molar-refractivity contribution >= 4 is 23.6 Å². The molecule has 0 unspecified atom stereocenters. The number of methoxy groups -OCH3 is 1. The molecule has 0 saturated carbocycles. The molecule has 0 saturated heterocycles. The summed E-state index contributed by atoms with van der Waals surface area (Å²) in [6, 6.07) is 11.2. The van der Waals surface area contributed by atoms with Crippen LogP contribution in [0, 0.1) is 6.92 Å². The van der Waals surface area contributed by atoms with Crippen LogP contribution in [0.15, 0.2) is 52.2 Å². The van der Waals surface area contributed by atoms with Gasteiger partial charge in [-0.15, -0.1) is 0 Å². The van der Waals surface area contributed by atoms with Crippen LogP contribution in [-0.2, 0) is 11.3 Å². The standard InChI is InChI=1S/C20H21N3O4S/c1-13-16(19(25)26-3)10-15(27-13)12-22(2)18(24)17-11-21-20(28-4)23(17)14-8-6-5-7-9-14/h5-11H,12H2,1-4H3. The van der Waals surface area contributed by atoms with Crippen LogP contribution in [-0.4, -0.2) is 46.7 Å². The molecule has 0 radical (unpaired) electrons. The Hall–Kier alpha value is -3.00. The Bertz CT molecular complexity index is 994. The Balaban J connectivity index is 1.87. The van der Waals surface area contributed by atoms with E-state index in [0.29, 0.717) is 22.8 Å². The maximum Gasteiger partial charge on any atom is 0.341 e. The first-order chi connectivity index (χ1) is 13.5. The summed E-state index contributed by atoms with van der Waals surface area (Å²) in [5.41, 5.74) is 1.68. The second-order valence-corrected chi connectivity index (χ2v) is 6.91. The van der Waals surface area contributed by atoms with E-state index in [1.54, 1.807) is 26.2 Å². The van der Waals surface area contributed by atoms with Gasteiger partial charge in [-0.1, -0.05) is 30.0 Å². The molecule has 0 fully saturated rings. The molecule has 2 heterocycles. The van der Waals surface area contributed by atoms with E-state index in [1.807, 2.05) is 41.2 Å². The quantitative estimate of drug-likeness (QED) is 0.466. The van der Waals surface area contributed by atoms with Gasteiger partial charge in [0.25, 0.3) is 5.91 Å². The molecule has 28 heavy (non-hydrogen) atoms. The largest absolute Gasteiger partial charge is 0.465 e. The van der Waals surface area contributed by atoms with Gasteiger partial charge in [-0.3, -0.25) is 9.36 Å². The molecule has 3 rings (SSSR count). The molecule has 0 atom stereocenters. The van der Waals surface area contributed by atoms with E-state index >= 15 is 0 Å². The number of benzene rings is 1. The smallest absolute Gasteiger partial charge is 0.341 e. The van der Waals surface area contributed by atoms with Crippen LogP contribution in [0.25, 0.3) is 5.69 Å². The molecule has 1 aromatic carbocycles. The third-order valence-corrected chi connectivity index (χ3v) is 4.91. The summed E-state index contributed by atoms with van der Waals surface area (Å²) in [4.78, 5) is 30.7. The first kappa shape index (κ1) is 19.8. The van der Waals surface area contributed by atoms with Gasteiger partial charge in [-0.05, 0) is 31.4 Å². The molecule has 0 aliphatic rings. The van der Waals surface area contributed by atoms with Gasteiger partial charge in [0.15, 0.2) is 5.16 Å². The SMILES string of the molecule is COC(=O)c1cc(CN(C)C(=O)c2cnc(SC)n2-c2ccccc2)oc1C. The van der Waals surface area contributed by atoms with Gasteiger partial charge < -0.3 is 14.1 Å². The third kappa shape index (κ3) is 3.82. The summed E-state index contributed by atoms with van der Waals surface area (Å²) in [6.07, 6.45) is 3.49. The summed E-state index contributed by atoms with van der Waals surface area (Å²) in [7, 11) is 3.00. The number of para-hydroxylation sites is 1. The lowest BCUT2D eigenvalue weighted by Crippen LogP contribution is -2.28. The minimum atomic E-state index is -0.465. The zero-order valence-electron chi connectivity index (χ0n) is 16.1. The second kappa shape index (κ2) is 8.35. The Morgan fingerprint density at radius 2 is 2.00 bits per heavy atom. The van der Waals surface area contributed by atoms with Gasteiger partial charge in [0.2, 0.25) is 0 Å². The lowest BCUT2D eigenvalue weighted by Gasteiger charge is -2.17. The Labute approximate surface area is 167 Å². The topological polar surface area (TPSA) is 77.6 Å². The van der Waals surface area contributed by atoms with Crippen LogP contribution < -0.4 is 0 Å². The highest BCUT2D eigenvalue weighted by Crippen LogP contribution is 2.23. The van der Waals surface area contributed by atoms with Crippen LogP contribution in [0.1, 0.15) is 32.4 Å². The van der Waals surface area contributed by atoms with Crippen molar-refractivity contribution < 1.29 is 18.7 Å². The number of imidazole rings is 1. The molecule has 7 nitrogen and oxygen atoms in total. The predicted octanol–water partition coefficient (Wildman–Crippen LogP) is 3.55. The number of thioether (sulfide) groups is 1. The van der Waals surface area contributed by atoms with Crippen molar-refractivity contribution in [2.75, 3.05) is 20.4 Å². The lowest BCUT2D eigenvalue weighted by molar-refractivity contribution is 0.0598. The third-order valence-electron chi connectivity index (χ3n) is 4.26. The van der Waals surface area contributed by atoms with Crippen LogP contribution in [0.3, 0.4) is 0 Å². The van der Waals surface area contributed by atoms with Crippen LogP contribution in [0.5, 0.6) is 0 Å². The van der Waals surface area contributed by atoms with Crippen molar-refractivity contribution in [3.05, 3.63) is 65.4 Å². The first-order valence-electron chi connectivity index (χ1n) is 8.56.